The van der Waals surface area contributed by atoms with Crippen molar-refractivity contribution in [2.45, 2.75) is 18.1 Å². The first-order valence-electron chi connectivity index (χ1n) is 9.61. The van der Waals surface area contributed by atoms with E-state index in [0.717, 1.165) is 0 Å². The Kier molecular flexibility index (Phi) is 6.34. The number of carbonyl (C=O) groups excluding carboxylic acids is 1. The Morgan fingerprint density at radius 3 is 2.83 bits per heavy atom. The molecule has 0 radical (unpaired) electrons. The van der Waals surface area contributed by atoms with Gasteiger partial charge in [0.05, 0.1) is 37.0 Å². The number of furan rings is 1. The predicted molar refractivity (Wildman–Crippen MR) is 110 cm³/mol. The molecule has 158 valence electrons. The maximum atomic E-state index is 13.9. The Balaban J connectivity index is 1.52. The topological polar surface area (TPSA) is 85.4 Å². The van der Waals surface area contributed by atoms with Gasteiger partial charge in [-0.3, -0.25) is 9.36 Å². The lowest BCUT2D eigenvalue weighted by Gasteiger charge is -2.27. The van der Waals surface area contributed by atoms with Gasteiger partial charge in [-0.2, -0.15) is 0 Å². The Morgan fingerprint density at radius 2 is 2.10 bits per heavy atom. The van der Waals surface area contributed by atoms with Crippen LogP contribution in [0, 0.1) is 5.82 Å². The van der Waals surface area contributed by atoms with Crippen molar-refractivity contribution in [3.8, 4) is 5.69 Å². The third-order valence-electron chi connectivity index (χ3n) is 4.66. The molecule has 2 aromatic heterocycles. The molecule has 1 amide bonds. The van der Waals surface area contributed by atoms with Crippen molar-refractivity contribution in [1.82, 2.24) is 20.1 Å². The number of rotatable bonds is 7. The van der Waals surface area contributed by atoms with Crippen molar-refractivity contribution >= 4 is 23.6 Å². The molecule has 1 N–H and O–H groups in total. The second kappa shape index (κ2) is 9.31. The average molecular weight is 431 g/mol. The number of benzene rings is 1. The summed E-state index contributed by atoms with van der Waals surface area (Å²) in [7, 11) is 0. The molecule has 3 heterocycles. The summed E-state index contributed by atoms with van der Waals surface area (Å²) in [6.07, 6.45) is 1.57. The van der Waals surface area contributed by atoms with Gasteiger partial charge in [-0.15, -0.1) is 10.2 Å². The molecule has 8 nitrogen and oxygen atoms in total. The lowest BCUT2D eigenvalue weighted by molar-refractivity contribution is -0.119. The van der Waals surface area contributed by atoms with Gasteiger partial charge in [-0.1, -0.05) is 17.8 Å². The number of thioether (sulfide) groups is 1. The number of hydrogen-bond donors (Lipinski definition) is 1. The molecule has 30 heavy (non-hydrogen) atoms. The molecular formula is C20H22FN5O3S. The average Bonchev–Trinajstić information content (AvgIpc) is 3.43. The van der Waals surface area contributed by atoms with Crippen LogP contribution in [-0.4, -0.2) is 52.7 Å². The fourth-order valence-electron chi connectivity index (χ4n) is 3.19. The molecule has 3 aromatic rings. The minimum absolute atomic E-state index is 0.140. The lowest BCUT2D eigenvalue weighted by atomic mass is 10.2. The van der Waals surface area contributed by atoms with Crippen molar-refractivity contribution in [3.05, 3.63) is 54.2 Å². The summed E-state index contributed by atoms with van der Waals surface area (Å²) in [6, 6.07) is 9.60. The van der Waals surface area contributed by atoms with E-state index in [1.54, 1.807) is 29.0 Å². The molecule has 0 spiro atoms. The van der Waals surface area contributed by atoms with Gasteiger partial charge in [0.15, 0.2) is 5.16 Å². The molecule has 1 atom stereocenters. The number of nitrogens with one attached hydrogen (secondary N) is 1. The van der Waals surface area contributed by atoms with Crippen molar-refractivity contribution in [3.63, 3.8) is 0 Å². The van der Waals surface area contributed by atoms with E-state index >= 15 is 0 Å². The normalized spacial score (nSPS) is 15.2. The Labute approximate surface area is 177 Å². The van der Waals surface area contributed by atoms with Gasteiger partial charge >= 0.3 is 0 Å². The summed E-state index contributed by atoms with van der Waals surface area (Å²) in [4.78, 5) is 14.5. The van der Waals surface area contributed by atoms with Crippen LogP contribution in [0.15, 0.2) is 52.2 Å². The van der Waals surface area contributed by atoms with E-state index in [9.17, 15) is 9.18 Å². The van der Waals surface area contributed by atoms with Crippen LogP contribution >= 0.6 is 11.8 Å². The maximum absolute atomic E-state index is 13.9. The fraction of sp³-hybridized carbons (Fsp3) is 0.350. The van der Waals surface area contributed by atoms with E-state index in [1.165, 1.54) is 23.9 Å². The third kappa shape index (κ3) is 4.65. The van der Waals surface area contributed by atoms with Gasteiger partial charge < -0.3 is 19.4 Å². The van der Waals surface area contributed by atoms with Gasteiger partial charge in [0.2, 0.25) is 11.9 Å². The molecule has 0 saturated carbocycles. The summed E-state index contributed by atoms with van der Waals surface area (Å²) in [5.41, 5.74) is 0.605. The van der Waals surface area contributed by atoms with Crippen LogP contribution in [0.2, 0.25) is 0 Å². The number of morpholine rings is 1. The van der Waals surface area contributed by atoms with Crippen LogP contribution in [0.5, 0.6) is 0 Å². The molecule has 1 fully saturated rings. The van der Waals surface area contributed by atoms with Crippen molar-refractivity contribution in [1.29, 1.82) is 0 Å². The maximum Gasteiger partial charge on any atom is 0.232 e. The number of aromatic nitrogens is 3. The van der Waals surface area contributed by atoms with Gasteiger partial charge in [-0.25, -0.2) is 4.39 Å². The zero-order chi connectivity index (χ0) is 20.9. The van der Waals surface area contributed by atoms with Crippen LogP contribution in [0.3, 0.4) is 0 Å². The predicted octanol–water partition coefficient (Wildman–Crippen LogP) is 2.81. The standard InChI is InChI=1S/C20H22FN5O3S/c1-14(17-6-3-9-29-17)22-18(27)13-30-20-24-23-19(25-7-10-28-11-8-25)26(20)16-5-2-4-15(21)12-16/h2-6,9,12,14H,7-8,10-11,13H2,1H3,(H,22,27). The number of halogens is 1. The fourth-order valence-corrected chi connectivity index (χ4v) is 3.95. The molecule has 1 aromatic carbocycles. The molecule has 0 aliphatic carbocycles. The Bertz CT molecular complexity index is 988. The van der Waals surface area contributed by atoms with Gasteiger partial charge in [-0.05, 0) is 37.3 Å². The van der Waals surface area contributed by atoms with Crippen LogP contribution in [-0.2, 0) is 9.53 Å². The minimum atomic E-state index is -0.352. The highest BCUT2D eigenvalue weighted by molar-refractivity contribution is 7.99. The highest BCUT2D eigenvalue weighted by Crippen LogP contribution is 2.27. The molecule has 0 bridgehead atoms. The quantitative estimate of drug-likeness (QED) is 0.576. The lowest BCUT2D eigenvalue weighted by Crippen LogP contribution is -2.37. The van der Waals surface area contributed by atoms with Gasteiger partial charge in [0.25, 0.3) is 0 Å². The molecule has 4 rings (SSSR count). The summed E-state index contributed by atoms with van der Waals surface area (Å²) in [5.74, 6) is 0.920. The summed E-state index contributed by atoms with van der Waals surface area (Å²) in [6.45, 7) is 4.36. The number of amides is 1. The SMILES string of the molecule is CC(NC(=O)CSc1nnc(N2CCOCC2)n1-c1cccc(F)c1)c1ccco1. The van der Waals surface area contributed by atoms with Gasteiger partial charge in [0.1, 0.15) is 11.6 Å². The van der Waals surface area contributed by atoms with Crippen molar-refractivity contribution in [2.75, 3.05) is 37.0 Å². The molecule has 1 saturated heterocycles. The molecule has 10 heteroatoms. The second-order valence-corrected chi connectivity index (χ2v) is 7.73. The van der Waals surface area contributed by atoms with E-state index in [1.807, 2.05) is 17.9 Å². The number of carbonyl (C=O) groups is 1. The summed E-state index contributed by atoms with van der Waals surface area (Å²) in [5, 5.41) is 12.0. The largest absolute Gasteiger partial charge is 0.467 e. The zero-order valence-corrected chi connectivity index (χ0v) is 17.3. The first-order chi connectivity index (χ1) is 14.6. The number of anilines is 1. The Hall–Kier alpha value is -2.85. The Morgan fingerprint density at radius 1 is 1.27 bits per heavy atom. The molecule has 1 unspecified atom stereocenters. The van der Waals surface area contributed by atoms with E-state index in [0.29, 0.717) is 48.9 Å². The van der Waals surface area contributed by atoms with E-state index in [4.69, 9.17) is 9.15 Å². The van der Waals surface area contributed by atoms with E-state index < -0.39 is 0 Å². The molecule has 1 aliphatic heterocycles. The zero-order valence-electron chi connectivity index (χ0n) is 16.5. The molecule has 1 aliphatic rings. The second-order valence-electron chi connectivity index (χ2n) is 6.79. The number of ether oxygens (including phenoxy) is 1. The minimum Gasteiger partial charge on any atom is -0.467 e. The van der Waals surface area contributed by atoms with Crippen molar-refractivity contribution < 1.29 is 18.3 Å². The smallest absolute Gasteiger partial charge is 0.232 e. The van der Waals surface area contributed by atoms with Gasteiger partial charge in [0, 0.05) is 13.1 Å². The number of hydrogen-bond acceptors (Lipinski definition) is 7. The first-order valence-corrected chi connectivity index (χ1v) is 10.6. The van der Waals surface area contributed by atoms with E-state index in [2.05, 4.69) is 15.5 Å². The van der Waals surface area contributed by atoms with Crippen molar-refractivity contribution in [2.24, 2.45) is 0 Å². The summed E-state index contributed by atoms with van der Waals surface area (Å²) < 4.78 is 26.4. The summed E-state index contributed by atoms with van der Waals surface area (Å²) >= 11 is 1.25. The van der Waals surface area contributed by atoms with Crippen LogP contribution in [0.1, 0.15) is 18.7 Å². The monoisotopic (exact) mass is 431 g/mol. The highest BCUT2D eigenvalue weighted by atomic mass is 32.2. The highest BCUT2D eigenvalue weighted by Gasteiger charge is 2.23. The molecular weight excluding hydrogens is 409 g/mol. The van der Waals surface area contributed by atoms with Crippen LogP contribution < -0.4 is 10.2 Å². The van der Waals surface area contributed by atoms with Crippen LogP contribution in [0.4, 0.5) is 10.3 Å². The third-order valence-corrected chi connectivity index (χ3v) is 5.59. The van der Waals surface area contributed by atoms with E-state index in [-0.39, 0.29) is 23.5 Å². The van der Waals surface area contributed by atoms with Crippen LogP contribution in [0.25, 0.3) is 5.69 Å². The first kappa shape index (κ1) is 20.4. The number of nitrogens with zero attached hydrogens (tertiary/aromatic N) is 4.